The van der Waals surface area contributed by atoms with Crippen LogP contribution in [0.4, 0.5) is 14.5 Å². The Hall–Kier alpha value is -2.10. The number of thiocarbonyl (C=S) groups is 1. The normalized spacial score (nSPS) is 15.6. The fraction of sp³-hybridized carbons (Fsp3) is 0.316. The molecule has 1 fully saturated rings. The Morgan fingerprint density at radius 3 is 2.36 bits per heavy atom. The standard InChI is InChI=1S/C19H21F2N3O2S2/c20-18(21)28(25,26)17-8-4-7-16(13-17)22-19(27)24-11-9-23(10-12-24)14-15-5-2-1-3-6-15/h1-8,13,18H,9-12,14H2,(H,22,27). The monoisotopic (exact) mass is 425 g/mol. The minimum Gasteiger partial charge on any atom is -0.346 e. The summed E-state index contributed by atoms with van der Waals surface area (Å²) in [7, 11) is -4.63. The van der Waals surface area contributed by atoms with Crippen molar-refractivity contribution in [1.82, 2.24) is 9.80 Å². The Labute approximate surface area is 168 Å². The van der Waals surface area contributed by atoms with E-state index in [2.05, 4.69) is 22.3 Å². The van der Waals surface area contributed by atoms with E-state index < -0.39 is 20.5 Å². The molecule has 0 atom stereocenters. The highest BCUT2D eigenvalue weighted by molar-refractivity contribution is 7.91. The molecule has 150 valence electrons. The van der Waals surface area contributed by atoms with Crippen molar-refractivity contribution in [2.45, 2.75) is 17.2 Å². The second kappa shape index (κ2) is 8.93. The number of sulfone groups is 1. The molecule has 1 aliphatic rings. The van der Waals surface area contributed by atoms with Crippen LogP contribution >= 0.6 is 12.2 Å². The number of rotatable bonds is 5. The Bertz CT molecular complexity index is 916. The number of nitrogens with one attached hydrogen (secondary N) is 1. The molecule has 5 nitrogen and oxygen atoms in total. The Morgan fingerprint density at radius 2 is 1.71 bits per heavy atom. The van der Waals surface area contributed by atoms with Crippen LogP contribution in [0.25, 0.3) is 0 Å². The summed E-state index contributed by atoms with van der Waals surface area (Å²) in [5.74, 6) is -3.45. The van der Waals surface area contributed by atoms with Crippen LogP contribution in [0, 0.1) is 0 Å². The van der Waals surface area contributed by atoms with E-state index in [0.717, 1.165) is 38.8 Å². The molecule has 9 heteroatoms. The first-order valence-corrected chi connectivity index (χ1v) is 10.8. The largest absolute Gasteiger partial charge is 0.346 e. The molecule has 0 bridgehead atoms. The Kier molecular flexibility index (Phi) is 6.58. The van der Waals surface area contributed by atoms with Gasteiger partial charge in [0.25, 0.3) is 0 Å². The molecule has 0 unspecified atom stereocenters. The lowest BCUT2D eigenvalue weighted by Gasteiger charge is -2.36. The molecule has 0 radical (unpaired) electrons. The van der Waals surface area contributed by atoms with E-state index in [-0.39, 0.29) is 0 Å². The van der Waals surface area contributed by atoms with Gasteiger partial charge in [-0.05, 0) is 36.0 Å². The molecule has 2 aromatic carbocycles. The highest BCUT2D eigenvalue weighted by Gasteiger charge is 2.27. The van der Waals surface area contributed by atoms with Gasteiger partial charge < -0.3 is 10.2 Å². The first-order valence-electron chi connectivity index (χ1n) is 8.80. The Balaban J connectivity index is 1.56. The first-order chi connectivity index (χ1) is 13.4. The summed E-state index contributed by atoms with van der Waals surface area (Å²) in [5, 5.41) is 3.41. The zero-order valence-corrected chi connectivity index (χ0v) is 16.7. The minimum atomic E-state index is -4.63. The van der Waals surface area contributed by atoms with E-state index in [4.69, 9.17) is 12.2 Å². The molecule has 0 aromatic heterocycles. The van der Waals surface area contributed by atoms with Gasteiger partial charge in [-0.1, -0.05) is 36.4 Å². The van der Waals surface area contributed by atoms with Gasteiger partial charge in [-0.2, -0.15) is 8.78 Å². The third kappa shape index (κ3) is 5.03. The molecule has 0 spiro atoms. The van der Waals surface area contributed by atoms with Crippen molar-refractivity contribution in [2.75, 3.05) is 31.5 Å². The third-order valence-corrected chi connectivity index (χ3v) is 6.30. The van der Waals surface area contributed by atoms with Gasteiger partial charge in [-0.15, -0.1) is 0 Å². The summed E-state index contributed by atoms with van der Waals surface area (Å²) in [6.07, 6.45) is 0. The molecule has 0 saturated carbocycles. The van der Waals surface area contributed by atoms with Crippen molar-refractivity contribution < 1.29 is 17.2 Å². The number of nitrogens with zero attached hydrogens (tertiary/aromatic N) is 2. The van der Waals surface area contributed by atoms with Crippen LogP contribution in [0.5, 0.6) is 0 Å². The van der Waals surface area contributed by atoms with Crippen molar-refractivity contribution in [3.05, 3.63) is 60.2 Å². The molecular formula is C19H21F2N3O2S2. The van der Waals surface area contributed by atoms with Crippen molar-refractivity contribution in [3.8, 4) is 0 Å². The zero-order chi connectivity index (χ0) is 20.1. The van der Waals surface area contributed by atoms with Gasteiger partial charge >= 0.3 is 5.76 Å². The maximum absolute atomic E-state index is 12.7. The van der Waals surface area contributed by atoms with E-state index in [1.807, 2.05) is 23.1 Å². The maximum Gasteiger partial charge on any atom is 0.341 e. The summed E-state index contributed by atoms with van der Waals surface area (Å²) in [6, 6.07) is 15.6. The van der Waals surface area contributed by atoms with Gasteiger partial charge in [0.05, 0.1) is 4.90 Å². The molecule has 0 amide bonds. The molecule has 1 saturated heterocycles. The molecule has 1 aliphatic heterocycles. The maximum atomic E-state index is 12.7. The van der Waals surface area contributed by atoms with Gasteiger partial charge in [0.15, 0.2) is 5.11 Å². The predicted molar refractivity (Wildman–Crippen MR) is 109 cm³/mol. The topological polar surface area (TPSA) is 52.7 Å². The van der Waals surface area contributed by atoms with Crippen LogP contribution in [-0.2, 0) is 16.4 Å². The number of alkyl halides is 2. The van der Waals surface area contributed by atoms with Gasteiger partial charge in [0.1, 0.15) is 0 Å². The summed E-state index contributed by atoms with van der Waals surface area (Å²) in [5.41, 5.74) is 1.63. The fourth-order valence-electron chi connectivity index (χ4n) is 3.01. The fourth-order valence-corrected chi connectivity index (χ4v) is 4.07. The number of piperazine rings is 1. The highest BCUT2D eigenvalue weighted by atomic mass is 32.2. The first kappa shape index (κ1) is 20.6. The average molecular weight is 426 g/mol. The average Bonchev–Trinajstić information content (AvgIpc) is 2.69. The number of hydrogen-bond acceptors (Lipinski definition) is 4. The van der Waals surface area contributed by atoms with Gasteiger partial charge in [0.2, 0.25) is 9.84 Å². The second-order valence-corrected chi connectivity index (χ2v) is 8.82. The van der Waals surface area contributed by atoms with Crippen LogP contribution in [0.15, 0.2) is 59.5 Å². The highest BCUT2D eigenvalue weighted by Crippen LogP contribution is 2.22. The van der Waals surface area contributed by atoms with Crippen molar-refractivity contribution in [1.29, 1.82) is 0 Å². The Morgan fingerprint density at radius 1 is 1.04 bits per heavy atom. The SMILES string of the molecule is O=S(=O)(c1cccc(NC(=S)N2CCN(Cc3ccccc3)CC2)c1)C(F)F. The van der Waals surface area contributed by atoms with E-state index in [1.54, 1.807) is 6.07 Å². The van der Waals surface area contributed by atoms with Gasteiger partial charge in [0, 0.05) is 38.4 Å². The molecule has 28 heavy (non-hydrogen) atoms. The molecule has 3 rings (SSSR count). The smallest absolute Gasteiger partial charge is 0.341 e. The molecule has 1 heterocycles. The summed E-state index contributed by atoms with van der Waals surface area (Å²) >= 11 is 5.41. The van der Waals surface area contributed by atoms with Crippen LogP contribution in [0.2, 0.25) is 0 Å². The third-order valence-electron chi connectivity index (χ3n) is 4.56. The van der Waals surface area contributed by atoms with Crippen LogP contribution < -0.4 is 5.32 Å². The van der Waals surface area contributed by atoms with Crippen molar-refractivity contribution >= 4 is 32.9 Å². The lowest BCUT2D eigenvalue weighted by molar-refractivity contribution is 0.177. The lowest BCUT2D eigenvalue weighted by Crippen LogP contribution is -2.49. The molecule has 2 aromatic rings. The predicted octanol–water partition coefficient (Wildman–Crippen LogP) is 3.20. The van der Waals surface area contributed by atoms with E-state index in [1.165, 1.54) is 17.7 Å². The summed E-state index contributed by atoms with van der Waals surface area (Å²) < 4.78 is 48.7. The molecule has 1 N–H and O–H groups in total. The van der Waals surface area contributed by atoms with Gasteiger partial charge in [-0.25, -0.2) is 8.42 Å². The number of benzene rings is 2. The molecular weight excluding hydrogens is 404 g/mol. The van der Waals surface area contributed by atoms with E-state index >= 15 is 0 Å². The lowest BCUT2D eigenvalue weighted by atomic mass is 10.2. The van der Waals surface area contributed by atoms with Crippen LogP contribution in [0.1, 0.15) is 5.56 Å². The summed E-state index contributed by atoms with van der Waals surface area (Å²) in [6.45, 7) is 4.02. The van der Waals surface area contributed by atoms with Crippen LogP contribution in [0.3, 0.4) is 0 Å². The quantitative estimate of drug-likeness (QED) is 0.743. The number of anilines is 1. The second-order valence-electron chi connectivity index (χ2n) is 6.51. The summed E-state index contributed by atoms with van der Waals surface area (Å²) in [4.78, 5) is 3.90. The zero-order valence-electron chi connectivity index (χ0n) is 15.1. The number of hydrogen-bond donors (Lipinski definition) is 1. The number of halogens is 2. The van der Waals surface area contributed by atoms with Crippen molar-refractivity contribution in [3.63, 3.8) is 0 Å². The minimum absolute atomic E-state index is 0.374. The van der Waals surface area contributed by atoms with Gasteiger partial charge in [-0.3, -0.25) is 4.90 Å². The van der Waals surface area contributed by atoms with Crippen molar-refractivity contribution in [2.24, 2.45) is 0 Å². The van der Waals surface area contributed by atoms with Crippen LogP contribution in [-0.4, -0.2) is 55.3 Å². The molecule has 0 aliphatic carbocycles. The van der Waals surface area contributed by atoms with E-state index in [0.29, 0.717) is 10.8 Å². The van der Waals surface area contributed by atoms with E-state index in [9.17, 15) is 17.2 Å².